The van der Waals surface area contributed by atoms with Crippen LogP contribution in [-0.2, 0) is 9.53 Å². The van der Waals surface area contributed by atoms with Crippen LogP contribution in [-0.4, -0.2) is 18.9 Å². The molecular formula is C18H20O4. The van der Waals surface area contributed by atoms with Crippen molar-refractivity contribution < 1.29 is 19.0 Å². The van der Waals surface area contributed by atoms with Crippen LogP contribution in [0.1, 0.15) is 37.7 Å². The van der Waals surface area contributed by atoms with E-state index in [9.17, 15) is 4.79 Å². The summed E-state index contributed by atoms with van der Waals surface area (Å²) in [6, 6.07) is 5.73. The zero-order chi connectivity index (χ0) is 15.2. The second-order valence-corrected chi connectivity index (χ2v) is 5.53. The minimum Gasteiger partial charge on any atom is -0.459 e. The summed E-state index contributed by atoms with van der Waals surface area (Å²) in [5.74, 6) is 1.26. The zero-order valence-corrected chi connectivity index (χ0v) is 12.5. The van der Waals surface area contributed by atoms with Crippen LogP contribution >= 0.6 is 0 Å². The molecule has 0 radical (unpaired) electrons. The molecule has 4 nitrogen and oxygen atoms in total. The Morgan fingerprint density at radius 1 is 1.09 bits per heavy atom. The summed E-state index contributed by atoms with van der Waals surface area (Å²) >= 11 is 0. The Balaban J connectivity index is 1.49. The standard InChI is InChI=1S/C18H20O4/c19-18(22-15-7-2-1-3-8-15)9-5-4-6-14-10-11-16-17(12-14)21-13-20-16/h4-6,9-12,15H,1-3,7-8,13H2/b6-4+,9-5+. The molecule has 0 atom stereocenters. The van der Waals surface area contributed by atoms with Gasteiger partial charge in [-0.15, -0.1) is 0 Å². The van der Waals surface area contributed by atoms with Crippen molar-refractivity contribution in [2.24, 2.45) is 0 Å². The van der Waals surface area contributed by atoms with Gasteiger partial charge in [0.05, 0.1) is 0 Å². The predicted octanol–water partition coefficient (Wildman–Crippen LogP) is 3.86. The topological polar surface area (TPSA) is 44.8 Å². The fourth-order valence-electron chi connectivity index (χ4n) is 2.70. The van der Waals surface area contributed by atoms with Crippen LogP contribution in [0.4, 0.5) is 0 Å². The van der Waals surface area contributed by atoms with Gasteiger partial charge in [0.1, 0.15) is 6.10 Å². The third-order valence-electron chi connectivity index (χ3n) is 3.86. The number of fused-ring (bicyclic) bond motifs is 1. The maximum atomic E-state index is 11.7. The lowest BCUT2D eigenvalue weighted by atomic mass is 9.98. The lowest BCUT2D eigenvalue weighted by Gasteiger charge is -2.20. The summed E-state index contributed by atoms with van der Waals surface area (Å²) in [4.78, 5) is 11.7. The number of esters is 1. The molecule has 0 saturated heterocycles. The SMILES string of the molecule is O=C(/C=C/C=C/c1ccc2c(c1)OCO2)OC1CCCCC1. The highest BCUT2D eigenvalue weighted by Crippen LogP contribution is 2.32. The highest BCUT2D eigenvalue weighted by atomic mass is 16.7. The van der Waals surface area contributed by atoms with Gasteiger partial charge in [-0.3, -0.25) is 0 Å². The molecule has 0 aromatic heterocycles. The number of hydrogen-bond acceptors (Lipinski definition) is 4. The Bertz CT molecular complexity index is 583. The Morgan fingerprint density at radius 3 is 2.77 bits per heavy atom. The maximum Gasteiger partial charge on any atom is 0.331 e. The summed E-state index contributed by atoms with van der Waals surface area (Å²) in [6.45, 7) is 0.273. The van der Waals surface area contributed by atoms with Crippen molar-refractivity contribution in [1.82, 2.24) is 0 Å². The lowest BCUT2D eigenvalue weighted by Crippen LogP contribution is -2.19. The van der Waals surface area contributed by atoms with E-state index >= 15 is 0 Å². The van der Waals surface area contributed by atoms with Gasteiger partial charge in [0, 0.05) is 6.08 Å². The molecule has 4 heteroatoms. The van der Waals surface area contributed by atoms with E-state index in [2.05, 4.69) is 0 Å². The van der Waals surface area contributed by atoms with Gasteiger partial charge in [0.15, 0.2) is 11.5 Å². The van der Waals surface area contributed by atoms with Crippen LogP contribution < -0.4 is 9.47 Å². The monoisotopic (exact) mass is 300 g/mol. The molecule has 1 aromatic rings. The molecule has 0 bridgehead atoms. The lowest BCUT2D eigenvalue weighted by molar-refractivity contribution is -0.144. The Morgan fingerprint density at radius 2 is 1.91 bits per heavy atom. The third-order valence-corrected chi connectivity index (χ3v) is 3.86. The van der Waals surface area contributed by atoms with Crippen LogP contribution in [0.5, 0.6) is 11.5 Å². The highest BCUT2D eigenvalue weighted by Gasteiger charge is 2.16. The van der Waals surface area contributed by atoms with Crippen molar-refractivity contribution in [3.8, 4) is 11.5 Å². The number of allylic oxidation sites excluding steroid dienone is 2. The van der Waals surface area contributed by atoms with Gasteiger partial charge in [0.2, 0.25) is 6.79 Å². The van der Waals surface area contributed by atoms with Crippen molar-refractivity contribution in [1.29, 1.82) is 0 Å². The molecule has 0 unspecified atom stereocenters. The maximum absolute atomic E-state index is 11.7. The van der Waals surface area contributed by atoms with E-state index in [1.807, 2.05) is 30.4 Å². The highest BCUT2D eigenvalue weighted by molar-refractivity contribution is 5.82. The van der Waals surface area contributed by atoms with Gasteiger partial charge >= 0.3 is 5.97 Å². The minimum absolute atomic E-state index is 0.101. The van der Waals surface area contributed by atoms with E-state index in [-0.39, 0.29) is 18.9 Å². The molecule has 116 valence electrons. The number of carbonyl (C=O) groups excluding carboxylic acids is 1. The molecule has 0 amide bonds. The van der Waals surface area contributed by atoms with E-state index in [1.54, 1.807) is 6.08 Å². The number of ether oxygens (including phenoxy) is 3. The van der Waals surface area contributed by atoms with Crippen LogP contribution in [0.15, 0.2) is 36.4 Å². The zero-order valence-electron chi connectivity index (χ0n) is 12.5. The fourth-order valence-corrected chi connectivity index (χ4v) is 2.70. The van der Waals surface area contributed by atoms with Crippen LogP contribution in [0, 0.1) is 0 Å². The van der Waals surface area contributed by atoms with Crippen molar-refractivity contribution in [2.45, 2.75) is 38.2 Å². The van der Waals surface area contributed by atoms with Crippen molar-refractivity contribution in [3.05, 3.63) is 42.0 Å². The molecular weight excluding hydrogens is 280 g/mol. The third kappa shape index (κ3) is 3.91. The van der Waals surface area contributed by atoms with Crippen molar-refractivity contribution in [3.63, 3.8) is 0 Å². The summed E-state index contributed by atoms with van der Waals surface area (Å²) in [6.07, 6.45) is 12.6. The quantitative estimate of drug-likeness (QED) is 0.481. The van der Waals surface area contributed by atoms with Gasteiger partial charge < -0.3 is 14.2 Å². The number of benzene rings is 1. The first-order valence-corrected chi connectivity index (χ1v) is 7.76. The Labute approximate surface area is 130 Å². The summed E-state index contributed by atoms with van der Waals surface area (Å²) in [5.41, 5.74) is 0.995. The van der Waals surface area contributed by atoms with E-state index in [1.165, 1.54) is 12.5 Å². The number of carbonyl (C=O) groups is 1. The van der Waals surface area contributed by atoms with Crippen molar-refractivity contribution >= 4 is 12.0 Å². The van der Waals surface area contributed by atoms with E-state index in [0.717, 1.165) is 42.7 Å². The molecule has 22 heavy (non-hydrogen) atoms. The van der Waals surface area contributed by atoms with Gasteiger partial charge in [-0.05, 0) is 43.4 Å². The Hall–Kier alpha value is -2.23. The van der Waals surface area contributed by atoms with Crippen LogP contribution in [0.25, 0.3) is 6.08 Å². The summed E-state index contributed by atoms with van der Waals surface area (Å²) in [7, 11) is 0. The van der Waals surface area contributed by atoms with Crippen molar-refractivity contribution in [2.75, 3.05) is 6.79 Å². The minimum atomic E-state index is -0.262. The van der Waals surface area contributed by atoms with E-state index in [4.69, 9.17) is 14.2 Å². The van der Waals surface area contributed by atoms with Gasteiger partial charge in [-0.2, -0.15) is 0 Å². The molecule has 3 rings (SSSR count). The summed E-state index contributed by atoms with van der Waals surface area (Å²) in [5, 5.41) is 0. The molecule has 0 spiro atoms. The average Bonchev–Trinajstić information content (AvgIpc) is 3.00. The molecule has 1 aromatic carbocycles. The van der Waals surface area contributed by atoms with Crippen LogP contribution in [0.3, 0.4) is 0 Å². The molecule has 0 N–H and O–H groups in total. The molecule has 1 saturated carbocycles. The van der Waals surface area contributed by atoms with E-state index in [0.29, 0.717) is 0 Å². The fraction of sp³-hybridized carbons (Fsp3) is 0.389. The molecule has 1 aliphatic heterocycles. The first kappa shape index (κ1) is 14.7. The first-order valence-electron chi connectivity index (χ1n) is 7.76. The first-order chi connectivity index (χ1) is 10.8. The predicted molar refractivity (Wildman–Crippen MR) is 83.7 cm³/mol. The molecule has 1 aliphatic carbocycles. The largest absolute Gasteiger partial charge is 0.459 e. The van der Waals surface area contributed by atoms with Gasteiger partial charge in [0.25, 0.3) is 0 Å². The summed E-state index contributed by atoms with van der Waals surface area (Å²) < 4.78 is 16.0. The Kier molecular flexibility index (Phi) is 4.78. The molecule has 2 aliphatic rings. The second-order valence-electron chi connectivity index (χ2n) is 5.53. The van der Waals surface area contributed by atoms with E-state index < -0.39 is 0 Å². The smallest absolute Gasteiger partial charge is 0.331 e. The number of rotatable bonds is 4. The molecule has 1 fully saturated rings. The average molecular weight is 300 g/mol. The second kappa shape index (κ2) is 7.16. The molecule has 1 heterocycles. The van der Waals surface area contributed by atoms with Crippen LogP contribution in [0.2, 0.25) is 0 Å². The normalized spacial score (nSPS) is 18.2. The van der Waals surface area contributed by atoms with Gasteiger partial charge in [-0.1, -0.05) is 30.7 Å². The van der Waals surface area contributed by atoms with Gasteiger partial charge in [-0.25, -0.2) is 4.79 Å². The number of hydrogen-bond donors (Lipinski definition) is 0.